The minimum atomic E-state index is 0.474. The van der Waals surface area contributed by atoms with Crippen LogP contribution in [-0.2, 0) is 4.79 Å². The molecule has 0 N–H and O–H groups in total. The van der Waals surface area contributed by atoms with E-state index in [1.54, 1.807) is 0 Å². The molecular weight excluding hydrogens is 156 g/mol. The van der Waals surface area contributed by atoms with Gasteiger partial charge in [-0.3, -0.25) is 4.79 Å². The summed E-state index contributed by atoms with van der Waals surface area (Å²) in [5.41, 5.74) is 0. The molecule has 0 radical (unpaired) electrons. The van der Waals surface area contributed by atoms with Gasteiger partial charge in [-0.2, -0.15) is 11.8 Å². The molecule has 2 atom stereocenters. The normalized spacial score (nSPS) is 32.4. The molecule has 0 aromatic heterocycles. The van der Waals surface area contributed by atoms with Gasteiger partial charge in [-0.05, 0) is 12.8 Å². The Morgan fingerprint density at radius 3 is 2.09 bits per heavy atom. The minimum absolute atomic E-state index is 0.474. The SMILES string of the molecule is CCC1CC(=O)CC(CC)S1. The van der Waals surface area contributed by atoms with Gasteiger partial charge in [-0.1, -0.05) is 13.8 Å². The van der Waals surface area contributed by atoms with E-state index in [9.17, 15) is 4.79 Å². The lowest BCUT2D eigenvalue weighted by atomic mass is 10.1. The highest BCUT2D eigenvalue weighted by molar-refractivity contribution is 8.00. The summed E-state index contributed by atoms with van der Waals surface area (Å²) in [4.78, 5) is 11.2. The molecule has 0 amide bonds. The second-order valence-electron chi connectivity index (χ2n) is 3.14. The monoisotopic (exact) mass is 172 g/mol. The third-order valence-corrected chi connectivity index (χ3v) is 3.98. The van der Waals surface area contributed by atoms with Crippen molar-refractivity contribution in [3.8, 4) is 0 Å². The number of rotatable bonds is 2. The van der Waals surface area contributed by atoms with Crippen molar-refractivity contribution >= 4 is 17.5 Å². The Morgan fingerprint density at radius 2 is 1.73 bits per heavy atom. The van der Waals surface area contributed by atoms with Crippen molar-refractivity contribution in [2.45, 2.75) is 50.0 Å². The summed E-state index contributed by atoms with van der Waals surface area (Å²) >= 11 is 2.01. The van der Waals surface area contributed by atoms with Crippen LogP contribution in [0.3, 0.4) is 0 Å². The first kappa shape index (κ1) is 9.11. The summed E-state index contributed by atoms with van der Waals surface area (Å²) in [6.07, 6.45) is 3.93. The van der Waals surface area contributed by atoms with Gasteiger partial charge in [0.15, 0.2) is 0 Å². The van der Waals surface area contributed by atoms with Crippen LogP contribution in [0.15, 0.2) is 0 Å². The summed E-state index contributed by atoms with van der Waals surface area (Å²) in [6.45, 7) is 4.34. The van der Waals surface area contributed by atoms with Crippen LogP contribution >= 0.6 is 11.8 Å². The molecule has 11 heavy (non-hydrogen) atoms. The molecule has 0 bridgehead atoms. The van der Waals surface area contributed by atoms with E-state index < -0.39 is 0 Å². The first-order chi connectivity index (χ1) is 5.26. The molecule has 1 heterocycles. The van der Waals surface area contributed by atoms with Crippen LogP contribution in [0.5, 0.6) is 0 Å². The van der Waals surface area contributed by atoms with Crippen molar-refractivity contribution in [1.29, 1.82) is 0 Å². The van der Waals surface area contributed by atoms with Crippen LogP contribution in [0.4, 0.5) is 0 Å². The quantitative estimate of drug-likeness (QED) is 0.637. The third-order valence-electron chi connectivity index (χ3n) is 2.21. The van der Waals surface area contributed by atoms with Crippen molar-refractivity contribution < 1.29 is 4.79 Å². The zero-order valence-electron chi connectivity index (χ0n) is 7.30. The maximum atomic E-state index is 11.2. The Morgan fingerprint density at radius 1 is 1.27 bits per heavy atom. The van der Waals surface area contributed by atoms with Crippen LogP contribution < -0.4 is 0 Å². The Hall–Kier alpha value is 0.0200. The van der Waals surface area contributed by atoms with Crippen LogP contribution in [0.25, 0.3) is 0 Å². The maximum Gasteiger partial charge on any atom is 0.135 e. The first-order valence-electron chi connectivity index (χ1n) is 4.43. The number of hydrogen-bond donors (Lipinski definition) is 0. The summed E-state index contributed by atoms with van der Waals surface area (Å²) in [6, 6.07) is 0. The second kappa shape index (κ2) is 4.15. The van der Waals surface area contributed by atoms with Gasteiger partial charge in [0.1, 0.15) is 5.78 Å². The molecule has 1 fully saturated rings. The molecule has 64 valence electrons. The number of thioether (sulfide) groups is 1. The van der Waals surface area contributed by atoms with E-state index in [0.717, 1.165) is 25.7 Å². The smallest absolute Gasteiger partial charge is 0.135 e. The van der Waals surface area contributed by atoms with Crippen molar-refractivity contribution in [2.75, 3.05) is 0 Å². The zero-order chi connectivity index (χ0) is 8.27. The molecule has 0 aromatic carbocycles. The van der Waals surface area contributed by atoms with Gasteiger partial charge in [0.2, 0.25) is 0 Å². The number of carbonyl (C=O) groups excluding carboxylic acids is 1. The first-order valence-corrected chi connectivity index (χ1v) is 5.37. The highest BCUT2D eigenvalue weighted by Gasteiger charge is 2.25. The van der Waals surface area contributed by atoms with Gasteiger partial charge in [0.25, 0.3) is 0 Å². The highest BCUT2D eigenvalue weighted by Crippen LogP contribution is 2.33. The van der Waals surface area contributed by atoms with Gasteiger partial charge in [-0.15, -0.1) is 0 Å². The average molecular weight is 172 g/mol. The Labute approximate surface area is 72.9 Å². The molecule has 0 saturated carbocycles. The van der Waals surface area contributed by atoms with Crippen LogP contribution in [0, 0.1) is 0 Å². The molecule has 0 spiro atoms. The number of Topliss-reactive ketones (excluding diaryl/α,β-unsaturated/α-hetero) is 1. The van der Waals surface area contributed by atoms with E-state index in [2.05, 4.69) is 13.8 Å². The Kier molecular flexibility index (Phi) is 3.44. The zero-order valence-corrected chi connectivity index (χ0v) is 8.12. The lowest BCUT2D eigenvalue weighted by molar-refractivity contribution is -0.119. The predicted octanol–water partition coefficient (Wildman–Crippen LogP) is 2.64. The molecule has 1 aliphatic rings. The highest BCUT2D eigenvalue weighted by atomic mass is 32.2. The molecule has 0 aromatic rings. The van der Waals surface area contributed by atoms with E-state index in [4.69, 9.17) is 0 Å². The molecular formula is C9H16OS. The van der Waals surface area contributed by atoms with Crippen LogP contribution in [0.1, 0.15) is 39.5 Å². The second-order valence-corrected chi connectivity index (χ2v) is 4.75. The Bertz CT molecular complexity index is 130. The minimum Gasteiger partial charge on any atom is -0.300 e. The molecule has 2 heteroatoms. The summed E-state index contributed by atoms with van der Waals surface area (Å²) in [7, 11) is 0. The summed E-state index contributed by atoms with van der Waals surface area (Å²) in [5, 5.41) is 1.22. The van der Waals surface area contributed by atoms with Crippen molar-refractivity contribution in [3.05, 3.63) is 0 Å². The largest absolute Gasteiger partial charge is 0.300 e. The van der Waals surface area contributed by atoms with Gasteiger partial charge >= 0.3 is 0 Å². The van der Waals surface area contributed by atoms with Crippen molar-refractivity contribution in [3.63, 3.8) is 0 Å². The van der Waals surface area contributed by atoms with Crippen molar-refractivity contribution in [2.24, 2.45) is 0 Å². The third kappa shape index (κ3) is 2.51. The lowest BCUT2D eigenvalue weighted by Gasteiger charge is -2.26. The maximum absolute atomic E-state index is 11.2. The van der Waals surface area contributed by atoms with Crippen LogP contribution in [0.2, 0.25) is 0 Å². The molecule has 1 saturated heterocycles. The molecule has 2 unspecified atom stereocenters. The number of hydrogen-bond acceptors (Lipinski definition) is 2. The fraction of sp³-hybridized carbons (Fsp3) is 0.889. The summed E-state index contributed by atoms with van der Waals surface area (Å²) < 4.78 is 0. The van der Waals surface area contributed by atoms with Crippen molar-refractivity contribution in [1.82, 2.24) is 0 Å². The van der Waals surface area contributed by atoms with Gasteiger partial charge < -0.3 is 0 Å². The van der Waals surface area contributed by atoms with Gasteiger partial charge in [-0.25, -0.2) is 0 Å². The molecule has 1 nitrogen and oxygen atoms in total. The van der Waals surface area contributed by atoms with E-state index >= 15 is 0 Å². The Balaban J connectivity index is 2.43. The fourth-order valence-electron chi connectivity index (χ4n) is 1.44. The lowest BCUT2D eigenvalue weighted by Crippen LogP contribution is -2.23. The molecule has 1 aliphatic heterocycles. The van der Waals surface area contributed by atoms with Gasteiger partial charge in [0.05, 0.1) is 0 Å². The average Bonchev–Trinajstić information content (AvgIpc) is 2.03. The molecule has 0 aliphatic carbocycles. The molecule has 1 rings (SSSR count). The summed E-state index contributed by atoms with van der Waals surface area (Å²) in [5.74, 6) is 0.474. The number of ketones is 1. The number of carbonyl (C=O) groups is 1. The van der Waals surface area contributed by atoms with E-state index in [-0.39, 0.29) is 0 Å². The van der Waals surface area contributed by atoms with E-state index in [0.29, 0.717) is 16.3 Å². The van der Waals surface area contributed by atoms with E-state index in [1.807, 2.05) is 11.8 Å². The topological polar surface area (TPSA) is 17.1 Å². The van der Waals surface area contributed by atoms with E-state index in [1.165, 1.54) is 0 Å². The predicted molar refractivity (Wildman–Crippen MR) is 50.0 cm³/mol. The fourth-order valence-corrected chi connectivity index (χ4v) is 2.93. The standard InChI is InChI=1S/C9H16OS/c1-3-8-5-7(10)6-9(4-2)11-8/h8-9H,3-6H2,1-2H3. The van der Waals surface area contributed by atoms with Crippen LogP contribution in [-0.4, -0.2) is 16.3 Å². The van der Waals surface area contributed by atoms with Gasteiger partial charge in [0, 0.05) is 23.3 Å².